The lowest BCUT2D eigenvalue weighted by Gasteiger charge is -2.05. The molecule has 0 N–H and O–H groups in total. The van der Waals surface area contributed by atoms with Crippen LogP contribution in [0.3, 0.4) is 0 Å². The Morgan fingerprint density at radius 1 is 1.47 bits per heavy atom. The van der Waals surface area contributed by atoms with Crippen LogP contribution in [0.1, 0.15) is 5.69 Å². The highest BCUT2D eigenvalue weighted by molar-refractivity contribution is 9.10. The number of nitriles is 1. The molecule has 0 saturated heterocycles. The fraction of sp³-hybridized carbons (Fsp3) is 0.167. The molecule has 17 heavy (non-hydrogen) atoms. The normalized spacial score (nSPS) is 10.2. The van der Waals surface area contributed by atoms with E-state index in [4.69, 9.17) is 16.9 Å². The molecule has 2 rings (SSSR count). The number of aromatic nitrogens is 2. The Morgan fingerprint density at radius 3 is 2.82 bits per heavy atom. The summed E-state index contributed by atoms with van der Waals surface area (Å²) in [7, 11) is 1.86. The molecule has 0 bridgehead atoms. The van der Waals surface area contributed by atoms with Gasteiger partial charge >= 0.3 is 0 Å². The van der Waals surface area contributed by atoms with Crippen molar-refractivity contribution in [2.24, 2.45) is 7.05 Å². The largest absolute Gasteiger partial charge is 0.329 e. The maximum atomic E-state index is 8.74. The Morgan fingerprint density at radius 2 is 2.18 bits per heavy atom. The predicted molar refractivity (Wildman–Crippen MR) is 70.7 cm³/mol. The third kappa shape index (κ3) is 2.21. The van der Waals surface area contributed by atoms with Gasteiger partial charge in [-0.3, -0.25) is 0 Å². The van der Waals surface area contributed by atoms with Crippen LogP contribution in [0.2, 0.25) is 5.15 Å². The molecular weight excluding hydrogens is 302 g/mol. The smallest absolute Gasteiger partial charge is 0.152 e. The van der Waals surface area contributed by atoms with Crippen LogP contribution in [-0.4, -0.2) is 9.55 Å². The van der Waals surface area contributed by atoms with Crippen LogP contribution < -0.4 is 0 Å². The second-order valence-electron chi connectivity index (χ2n) is 3.55. The zero-order valence-electron chi connectivity index (χ0n) is 9.11. The third-order valence-electron chi connectivity index (χ3n) is 2.53. The highest BCUT2D eigenvalue weighted by Crippen LogP contribution is 2.30. The average Bonchev–Trinajstić information content (AvgIpc) is 2.58. The van der Waals surface area contributed by atoms with Crippen LogP contribution >= 0.6 is 27.5 Å². The molecular formula is C12H9BrClN3. The first kappa shape index (κ1) is 12.2. The van der Waals surface area contributed by atoms with E-state index >= 15 is 0 Å². The van der Waals surface area contributed by atoms with Gasteiger partial charge in [-0.15, -0.1) is 0 Å². The minimum atomic E-state index is 0.257. The number of nitrogens with zero attached hydrogens (tertiary/aromatic N) is 3. The number of hydrogen-bond donors (Lipinski definition) is 0. The van der Waals surface area contributed by atoms with Gasteiger partial charge in [0.2, 0.25) is 0 Å². The van der Waals surface area contributed by atoms with Gasteiger partial charge in [0.05, 0.1) is 18.2 Å². The van der Waals surface area contributed by atoms with Crippen molar-refractivity contribution in [2.45, 2.75) is 6.42 Å². The summed E-state index contributed by atoms with van der Waals surface area (Å²) < 4.78 is 2.80. The lowest BCUT2D eigenvalue weighted by molar-refractivity contribution is 0.863. The summed E-state index contributed by atoms with van der Waals surface area (Å²) in [5.74, 6) is 0.757. The van der Waals surface area contributed by atoms with Crippen LogP contribution in [0.4, 0.5) is 0 Å². The van der Waals surface area contributed by atoms with Gasteiger partial charge in [-0.1, -0.05) is 45.7 Å². The second-order valence-corrected chi connectivity index (χ2v) is 4.76. The summed E-state index contributed by atoms with van der Waals surface area (Å²) in [6.45, 7) is 0. The van der Waals surface area contributed by atoms with Gasteiger partial charge in [0.15, 0.2) is 5.15 Å². The molecule has 0 amide bonds. The van der Waals surface area contributed by atoms with Gasteiger partial charge in [0.1, 0.15) is 5.82 Å². The highest BCUT2D eigenvalue weighted by atomic mass is 79.9. The molecule has 1 aromatic carbocycles. The maximum absolute atomic E-state index is 8.74. The number of hydrogen-bond acceptors (Lipinski definition) is 2. The molecule has 0 radical (unpaired) electrons. The minimum absolute atomic E-state index is 0.257. The van der Waals surface area contributed by atoms with Crippen molar-refractivity contribution in [1.29, 1.82) is 5.26 Å². The summed E-state index contributed by atoms with van der Waals surface area (Å²) in [5.41, 5.74) is 1.70. The summed E-state index contributed by atoms with van der Waals surface area (Å²) in [4.78, 5) is 4.31. The topological polar surface area (TPSA) is 41.6 Å². The molecule has 0 unspecified atom stereocenters. The van der Waals surface area contributed by atoms with Crippen molar-refractivity contribution in [3.8, 4) is 17.5 Å². The van der Waals surface area contributed by atoms with Crippen molar-refractivity contribution in [2.75, 3.05) is 0 Å². The van der Waals surface area contributed by atoms with Crippen LogP contribution in [0.25, 0.3) is 11.4 Å². The SMILES string of the molecule is Cn1c(-c2ccccc2Br)nc(Cl)c1CC#N. The molecule has 0 aliphatic carbocycles. The maximum Gasteiger partial charge on any atom is 0.152 e. The molecule has 0 aliphatic heterocycles. The van der Waals surface area contributed by atoms with E-state index in [-0.39, 0.29) is 6.42 Å². The van der Waals surface area contributed by atoms with E-state index in [9.17, 15) is 0 Å². The molecule has 1 aromatic heterocycles. The predicted octanol–water partition coefficient (Wildman–Crippen LogP) is 3.57. The van der Waals surface area contributed by atoms with Crippen LogP contribution in [0, 0.1) is 11.3 Å². The molecule has 86 valence electrons. The van der Waals surface area contributed by atoms with Crippen LogP contribution in [-0.2, 0) is 13.5 Å². The first-order chi connectivity index (χ1) is 8.15. The number of benzene rings is 1. The summed E-state index contributed by atoms with van der Waals surface area (Å²) in [6, 6.07) is 9.87. The molecule has 5 heteroatoms. The number of halogens is 2. The fourth-order valence-electron chi connectivity index (χ4n) is 1.65. The van der Waals surface area contributed by atoms with E-state index in [0.29, 0.717) is 5.15 Å². The van der Waals surface area contributed by atoms with Gasteiger partial charge in [-0.25, -0.2) is 4.98 Å². The molecule has 0 saturated carbocycles. The molecule has 0 spiro atoms. The van der Waals surface area contributed by atoms with Gasteiger partial charge in [0.25, 0.3) is 0 Å². The average molecular weight is 311 g/mol. The Balaban J connectivity index is 2.59. The molecule has 0 aliphatic rings. The minimum Gasteiger partial charge on any atom is -0.329 e. The molecule has 1 heterocycles. The summed E-state index contributed by atoms with van der Waals surface area (Å²) in [6.07, 6.45) is 0.257. The Labute approximate surface area is 113 Å². The van der Waals surface area contributed by atoms with E-state index in [1.165, 1.54) is 0 Å². The van der Waals surface area contributed by atoms with Crippen LogP contribution in [0.15, 0.2) is 28.7 Å². The van der Waals surface area contributed by atoms with Crippen LogP contribution in [0.5, 0.6) is 0 Å². The third-order valence-corrected chi connectivity index (χ3v) is 3.52. The zero-order chi connectivity index (χ0) is 12.4. The Kier molecular flexibility index (Phi) is 3.51. The van der Waals surface area contributed by atoms with Crippen molar-refractivity contribution in [3.63, 3.8) is 0 Å². The quantitative estimate of drug-likeness (QED) is 0.851. The first-order valence-electron chi connectivity index (χ1n) is 4.98. The van der Waals surface area contributed by atoms with E-state index < -0.39 is 0 Å². The van der Waals surface area contributed by atoms with E-state index in [2.05, 4.69) is 27.0 Å². The molecule has 0 fully saturated rings. The van der Waals surface area contributed by atoms with Crippen molar-refractivity contribution < 1.29 is 0 Å². The Hall–Kier alpha value is -1.31. The molecule has 3 nitrogen and oxygen atoms in total. The summed E-state index contributed by atoms with van der Waals surface area (Å²) >= 11 is 9.51. The molecule has 2 aromatic rings. The van der Waals surface area contributed by atoms with E-state index in [0.717, 1.165) is 21.6 Å². The van der Waals surface area contributed by atoms with Gasteiger partial charge in [-0.2, -0.15) is 5.26 Å². The van der Waals surface area contributed by atoms with E-state index in [1.807, 2.05) is 35.9 Å². The van der Waals surface area contributed by atoms with Gasteiger partial charge < -0.3 is 4.57 Å². The monoisotopic (exact) mass is 309 g/mol. The fourth-order valence-corrected chi connectivity index (χ4v) is 2.38. The Bertz CT molecular complexity index is 598. The van der Waals surface area contributed by atoms with Gasteiger partial charge in [-0.05, 0) is 6.07 Å². The highest BCUT2D eigenvalue weighted by Gasteiger charge is 2.15. The number of imidazole rings is 1. The standard InChI is InChI=1S/C12H9BrClN3/c1-17-10(6-7-15)11(14)16-12(17)8-4-2-3-5-9(8)13/h2-5H,6H2,1H3. The van der Waals surface area contributed by atoms with Crippen molar-refractivity contribution >= 4 is 27.5 Å². The summed E-state index contributed by atoms with van der Waals surface area (Å²) in [5, 5.41) is 9.13. The van der Waals surface area contributed by atoms with E-state index in [1.54, 1.807) is 0 Å². The van der Waals surface area contributed by atoms with Gasteiger partial charge in [0, 0.05) is 17.1 Å². The van der Waals surface area contributed by atoms with Crippen molar-refractivity contribution in [3.05, 3.63) is 39.6 Å². The lowest BCUT2D eigenvalue weighted by atomic mass is 10.2. The molecule has 0 atom stereocenters. The number of rotatable bonds is 2. The first-order valence-corrected chi connectivity index (χ1v) is 6.15. The van der Waals surface area contributed by atoms with Crippen molar-refractivity contribution in [1.82, 2.24) is 9.55 Å². The lowest BCUT2D eigenvalue weighted by Crippen LogP contribution is -1.98. The zero-order valence-corrected chi connectivity index (χ0v) is 11.5. The second kappa shape index (κ2) is 4.91.